The zero-order valence-corrected chi connectivity index (χ0v) is 10.1. The van der Waals surface area contributed by atoms with Crippen LogP contribution < -0.4 is 0 Å². The lowest BCUT2D eigenvalue weighted by molar-refractivity contribution is -0.138. The molecule has 0 amide bonds. The number of fused-ring (bicyclic) bond motifs is 1. The van der Waals surface area contributed by atoms with Crippen molar-refractivity contribution in [3.05, 3.63) is 40.7 Å². The lowest BCUT2D eigenvalue weighted by Gasteiger charge is -2.02. The maximum atomic E-state index is 11.0. The predicted octanol–water partition coefficient (Wildman–Crippen LogP) is 3.09. The van der Waals surface area contributed by atoms with E-state index in [1.165, 1.54) is 0 Å². The summed E-state index contributed by atoms with van der Waals surface area (Å²) in [4.78, 5) is 11.0. The number of carboxylic acids is 1. The van der Waals surface area contributed by atoms with Gasteiger partial charge >= 0.3 is 5.97 Å². The van der Waals surface area contributed by atoms with Crippen molar-refractivity contribution in [3.63, 3.8) is 0 Å². The summed E-state index contributed by atoms with van der Waals surface area (Å²) < 4.78 is 2.02. The molecule has 2 atom stereocenters. The first-order valence-electron chi connectivity index (χ1n) is 5.59. The molecule has 88 valence electrons. The highest BCUT2D eigenvalue weighted by Crippen LogP contribution is 2.50. The van der Waals surface area contributed by atoms with E-state index in [0.717, 1.165) is 21.8 Å². The summed E-state index contributed by atoms with van der Waals surface area (Å²) in [5.41, 5.74) is 3.02. The van der Waals surface area contributed by atoms with Crippen LogP contribution in [0.4, 0.5) is 0 Å². The lowest BCUT2D eigenvalue weighted by Crippen LogP contribution is -2.01. The lowest BCUT2D eigenvalue weighted by atomic mass is 10.1. The molecule has 0 radical (unpaired) electrons. The summed E-state index contributed by atoms with van der Waals surface area (Å²) in [5, 5.41) is 9.75. The average molecular weight is 250 g/mol. The molecule has 0 spiro atoms. The second-order valence-corrected chi connectivity index (χ2v) is 4.94. The topological polar surface area (TPSA) is 41.7 Å². The monoisotopic (exact) mass is 249 g/mol. The Morgan fingerprint density at radius 3 is 2.94 bits per heavy atom. The average Bonchev–Trinajstić information content (AvgIpc) is 3.05. The van der Waals surface area contributed by atoms with Gasteiger partial charge in [-0.05, 0) is 31.0 Å². The van der Waals surface area contributed by atoms with Gasteiger partial charge < -0.3 is 9.51 Å². The molecule has 0 bridgehead atoms. The molecule has 4 heteroatoms. The summed E-state index contributed by atoms with van der Waals surface area (Å²) in [6.45, 7) is 1.96. The van der Waals surface area contributed by atoms with Gasteiger partial charge in [0.25, 0.3) is 0 Å². The Balaban J connectivity index is 2.17. The molecule has 0 saturated heterocycles. The quantitative estimate of drug-likeness (QED) is 0.889. The summed E-state index contributed by atoms with van der Waals surface area (Å²) in [5.74, 6) is -0.852. The van der Waals surface area contributed by atoms with Crippen LogP contribution in [0.2, 0.25) is 5.02 Å². The molecule has 2 aromatic heterocycles. The Morgan fingerprint density at radius 1 is 1.53 bits per heavy atom. The van der Waals surface area contributed by atoms with Crippen LogP contribution >= 0.6 is 11.6 Å². The summed E-state index contributed by atoms with van der Waals surface area (Å²) in [7, 11) is 0. The van der Waals surface area contributed by atoms with Crippen LogP contribution in [0.25, 0.3) is 5.52 Å². The van der Waals surface area contributed by atoms with E-state index in [9.17, 15) is 4.79 Å². The van der Waals surface area contributed by atoms with E-state index < -0.39 is 5.97 Å². The predicted molar refractivity (Wildman–Crippen MR) is 65.6 cm³/mol. The number of aromatic nitrogens is 1. The van der Waals surface area contributed by atoms with E-state index in [1.54, 1.807) is 0 Å². The van der Waals surface area contributed by atoms with Crippen molar-refractivity contribution in [2.75, 3.05) is 0 Å². The fraction of sp³-hybridized carbons (Fsp3) is 0.308. The minimum Gasteiger partial charge on any atom is -0.481 e. The van der Waals surface area contributed by atoms with Crippen LogP contribution in [0.1, 0.15) is 23.6 Å². The summed E-state index contributed by atoms with van der Waals surface area (Å²) in [6.07, 6.45) is 2.66. The normalized spacial score (nSPS) is 22.9. The minimum absolute atomic E-state index is 0.106. The Labute approximate surface area is 104 Å². The zero-order chi connectivity index (χ0) is 12.2. The Hall–Kier alpha value is -1.48. The molecule has 1 fully saturated rings. The van der Waals surface area contributed by atoms with Gasteiger partial charge in [0.05, 0.1) is 16.5 Å². The summed E-state index contributed by atoms with van der Waals surface area (Å²) >= 11 is 6.28. The number of aliphatic carboxylic acids is 1. The Bertz CT molecular complexity index is 617. The third kappa shape index (κ3) is 1.46. The fourth-order valence-electron chi connectivity index (χ4n) is 2.54. The molecule has 2 aromatic rings. The van der Waals surface area contributed by atoms with Gasteiger partial charge in [-0.3, -0.25) is 4.79 Å². The number of carbonyl (C=O) groups is 1. The molecule has 2 unspecified atom stereocenters. The van der Waals surface area contributed by atoms with E-state index in [2.05, 4.69) is 0 Å². The Morgan fingerprint density at radius 2 is 2.29 bits per heavy atom. The molecule has 1 saturated carbocycles. The van der Waals surface area contributed by atoms with Crippen molar-refractivity contribution in [2.45, 2.75) is 19.3 Å². The van der Waals surface area contributed by atoms with Gasteiger partial charge in [-0.2, -0.15) is 0 Å². The van der Waals surface area contributed by atoms with Crippen LogP contribution in [-0.2, 0) is 4.79 Å². The number of rotatable bonds is 2. The van der Waals surface area contributed by atoms with Crippen molar-refractivity contribution >= 4 is 23.1 Å². The molecule has 3 nitrogen and oxygen atoms in total. The van der Waals surface area contributed by atoms with Gasteiger partial charge in [-0.25, -0.2) is 0 Å². The van der Waals surface area contributed by atoms with Crippen LogP contribution in [0.5, 0.6) is 0 Å². The van der Waals surface area contributed by atoms with E-state index in [-0.39, 0.29) is 11.8 Å². The summed E-state index contributed by atoms with van der Waals surface area (Å²) in [6, 6.07) is 5.83. The first-order chi connectivity index (χ1) is 8.11. The second-order valence-electron chi connectivity index (χ2n) is 4.57. The van der Waals surface area contributed by atoms with Gasteiger partial charge in [-0.1, -0.05) is 17.7 Å². The van der Waals surface area contributed by atoms with E-state index >= 15 is 0 Å². The highest BCUT2D eigenvalue weighted by atomic mass is 35.5. The molecule has 3 rings (SSSR count). The van der Waals surface area contributed by atoms with Crippen molar-refractivity contribution in [1.29, 1.82) is 0 Å². The van der Waals surface area contributed by atoms with Gasteiger partial charge in [-0.15, -0.1) is 0 Å². The largest absolute Gasteiger partial charge is 0.481 e. The number of hydrogen-bond acceptors (Lipinski definition) is 1. The molecule has 1 aliphatic carbocycles. The maximum Gasteiger partial charge on any atom is 0.307 e. The highest BCUT2D eigenvalue weighted by molar-refractivity contribution is 6.35. The second kappa shape index (κ2) is 3.50. The number of hydrogen-bond donors (Lipinski definition) is 1. The zero-order valence-electron chi connectivity index (χ0n) is 9.35. The fourth-order valence-corrected chi connectivity index (χ4v) is 2.79. The molecule has 1 N–H and O–H groups in total. The standard InChI is InChI=1S/C13H12ClNO2/c1-7-11(14)10-4-2-3-5-15(10)12(7)8-6-9(8)13(16)17/h2-5,8-9H,6H2,1H3,(H,16,17). The molecule has 1 aliphatic rings. The molecule has 2 heterocycles. The maximum absolute atomic E-state index is 11.0. The third-order valence-electron chi connectivity index (χ3n) is 3.52. The van der Waals surface area contributed by atoms with E-state index in [0.29, 0.717) is 6.42 Å². The van der Waals surface area contributed by atoms with Gasteiger partial charge in [0.2, 0.25) is 0 Å². The Kier molecular flexibility index (Phi) is 2.20. The molecule has 0 aliphatic heterocycles. The van der Waals surface area contributed by atoms with Crippen LogP contribution in [0, 0.1) is 12.8 Å². The van der Waals surface area contributed by atoms with Gasteiger partial charge in [0.15, 0.2) is 0 Å². The minimum atomic E-state index is -0.712. The van der Waals surface area contributed by atoms with Crippen molar-refractivity contribution in [3.8, 4) is 0 Å². The van der Waals surface area contributed by atoms with Crippen LogP contribution in [0.3, 0.4) is 0 Å². The van der Waals surface area contributed by atoms with E-state index in [1.807, 2.05) is 35.7 Å². The van der Waals surface area contributed by atoms with Gasteiger partial charge in [0.1, 0.15) is 0 Å². The molecular weight excluding hydrogens is 238 g/mol. The first-order valence-corrected chi connectivity index (χ1v) is 5.97. The molecule has 0 aromatic carbocycles. The SMILES string of the molecule is Cc1c(Cl)c2ccccn2c1C1CC1C(=O)O. The molecule has 17 heavy (non-hydrogen) atoms. The van der Waals surface area contributed by atoms with Crippen LogP contribution in [-0.4, -0.2) is 15.5 Å². The van der Waals surface area contributed by atoms with Crippen molar-refractivity contribution in [2.24, 2.45) is 5.92 Å². The number of carboxylic acid groups (broad SMARTS) is 1. The third-order valence-corrected chi connectivity index (χ3v) is 3.99. The van der Waals surface area contributed by atoms with Gasteiger partial charge in [0, 0.05) is 17.8 Å². The van der Waals surface area contributed by atoms with Crippen molar-refractivity contribution in [1.82, 2.24) is 4.40 Å². The van der Waals surface area contributed by atoms with Crippen LogP contribution in [0.15, 0.2) is 24.4 Å². The number of pyridine rings is 1. The number of nitrogens with zero attached hydrogens (tertiary/aromatic N) is 1. The van der Waals surface area contributed by atoms with E-state index in [4.69, 9.17) is 16.7 Å². The van der Waals surface area contributed by atoms with Crippen molar-refractivity contribution < 1.29 is 9.90 Å². The first kappa shape index (κ1) is 10.7. The smallest absolute Gasteiger partial charge is 0.307 e. The number of halogens is 1. The highest BCUT2D eigenvalue weighted by Gasteiger charge is 2.46. The molecular formula is C13H12ClNO2.